The molecule has 1 aromatic rings. The summed E-state index contributed by atoms with van der Waals surface area (Å²) < 4.78 is 0. The number of thioether (sulfide) groups is 1. The Kier molecular flexibility index (Phi) is 6.78. The second-order valence-electron chi connectivity index (χ2n) is 3.87. The van der Waals surface area contributed by atoms with Gasteiger partial charge in [0.05, 0.1) is 0 Å². The molecule has 0 bridgehead atoms. The van der Waals surface area contributed by atoms with E-state index in [0.717, 1.165) is 29.9 Å². The topological polar surface area (TPSA) is 53.9 Å². The van der Waals surface area contributed by atoms with Crippen molar-refractivity contribution in [2.45, 2.75) is 38.8 Å². The van der Waals surface area contributed by atoms with Crippen LogP contribution in [0.25, 0.3) is 0 Å². The van der Waals surface area contributed by atoms with Crippen LogP contribution in [0.4, 0.5) is 11.9 Å². The van der Waals surface area contributed by atoms with Gasteiger partial charge < -0.3 is 10.2 Å². The third-order valence-electron chi connectivity index (χ3n) is 2.60. The summed E-state index contributed by atoms with van der Waals surface area (Å²) in [4.78, 5) is 15.4. The standard InChI is InChI=1S/C12H23N5S/c1-5-8-9-18-12-15-10(13-4)14-11(16-12)17(6-2)7-3/h5-9H2,1-4H3,(H,13,14,15,16). The Morgan fingerprint density at radius 1 is 1.11 bits per heavy atom. The van der Waals surface area contributed by atoms with Gasteiger partial charge in [0.1, 0.15) is 0 Å². The van der Waals surface area contributed by atoms with Gasteiger partial charge in [-0.2, -0.15) is 15.0 Å². The molecule has 102 valence electrons. The Labute approximate surface area is 114 Å². The number of hydrogen-bond acceptors (Lipinski definition) is 6. The van der Waals surface area contributed by atoms with E-state index in [1.165, 1.54) is 12.8 Å². The fourth-order valence-corrected chi connectivity index (χ4v) is 2.39. The molecule has 0 aliphatic heterocycles. The van der Waals surface area contributed by atoms with Gasteiger partial charge in [-0.1, -0.05) is 25.1 Å². The zero-order valence-electron chi connectivity index (χ0n) is 11.7. The largest absolute Gasteiger partial charge is 0.357 e. The molecule has 0 aromatic carbocycles. The van der Waals surface area contributed by atoms with Gasteiger partial charge in [-0.3, -0.25) is 0 Å². The lowest BCUT2D eigenvalue weighted by atomic mass is 10.4. The number of nitrogens with one attached hydrogen (secondary N) is 1. The smallest absolute Gasteiger partial charge is 0.231 e. The first kappa shape index (κ1) is 15.0. The fourth-order valence-electron chi connectivity index (χ4n) is 1.48. The summed E-state index contributed by atoms with van der Waals surface area (Å²) in [6.45, 7) is 8.21. The van der Waals surface area contributed by atoms with Crippen molar-refractivity contribution >= 4 is 23.7 Å². The van der Waals surface area contributed by atoms with Gasteiger partial charge in [0.2, 0.25) is 11.9 Å². The van der Waals surface area contributed by atoms with Gasteiger partial charge in [0, 0.05) is 25.9 Å². The predicted molar refractivity (Wildman–Crippen MR) is 78.6 cm³/mol. The van der Waals surface area contributed by atoms with Crippen molar-refractivity contribution in [3.8, 4) is 0 Å². The van der Waals surface area contributed by atoms with Crippen LogP contribution in [-0.2, 0) is 0 Å². The Hall–Kier alpha value is -1.04. The van der Waals surface area contributed by atoms with Gasteiger partial charge in [0.25, 0.3) is 0 Å². The number of nitrogens with zero attached hydrogens (tertiary/aromatic N) is 4. The number of rotatable bonds is 8. The highest BCUT2D eigenvalue weighted by atomic mass is 32.2. The van der Waals surface area contributed by atoms with Gasteiger partial charge >= 0.3 is 0 Å². The van der Waals surface area contributed by atoms with E-state index in [0.29, 0.717) is 5.95 Å². The SMILES string of the molecule is CCCCSc1nc(NC)nc(N(CC)CC)n1. The first-order valence-corrected chi connectivity index (χ1v) is 7.55. The summed E-state index contributed by atoms with van der Waals surface area (Å²) in [6, 6.07) is 0. The van der Waals surface area contributed by atoms with Crippen molar-refractivity contribution in [3.05, 3.63) is 0 Å². The lowest BCUT2D eigenvalue weighted by Crippen LogP contribution is -2.25. The quantitative estimate of drug-likeness (QED) is 0.578. The minimum atomic E-state index is 0.644. The molecule has 1 rings (SSSR count). The van der Waals surface area contributed by atoms with Gasteiger partial charge in [-0.15, -0.1) is 0 Å². The molecule has 1 N–H and O–H groups in total. The summed E-state index contributed by atoms with van der Waals surface area (Å²) in [5.74, 6) is 2.46. The molecule has 0 atom stereocenters. The van der Waals surface area contributed by atoms with Crippen LogP contribution in [0.15, 0.2) is 5.16 Å². The van der Waals surface area contributed by atoms with Crippen molar-refractivity contribution in [3.63, 3.8) is 0 Å². The molecule has 1 heterocycles. The number of hydrogen-bond donors (Lipinski definition) is 1. The molecule has 5 nitrogen and oxygen atoms in total. The van der Waals surface area contributed by atoms with Crippen molar-refractivity contribution in [1.82, 2.24) is 15.0 Å². The second-order valence-corrected chi connectivity index (χ2v) is 4.93. The minimum Gasteiger partial charge on any atom is -0.357 e. The Balaban J connectivity index is 2.86. The van der Waals surface area contributed by atoms with E-state index in [1.807, 2.05) is 7.05 Å². The van der Waals surface area contributed by atoms with E-state index in [1.54, 1.807) is 11.8 Å². The van der Waals surface area contributed by atoms with Crippen LogP contribution >= 0.6 is 11.8 Å². The molecule has 18 heavy (non-hydrogen) atoms. The summed E-state index contributed by atoms with van der Waals surface area (Å²) in [7, 11) is 1.84. The predicted octanol–water partition coefficient (Wildman–Crippen LogP) is 2.65. The average molecular weight is 269 g/mol. The van der Waals surface area contributed by atoms with E-state index in [9.17, 15) is 0 Å². The fraction of sp³-hybridized carbons (Fsp3) is 0.750. The summed E-state index contributed by atoms with van der Waals surface area (Å²) in [5, 5.41) is 3.81. The zero-order valence-corrected chi connectivity index (χ0v) is 12.5. The van der Waals surface area contributed by atoms with Crippen LogP contribution in [0.3, 0.4) is 0 Å². The number of anilines is 2. The molecule has 6 heteroatoms. The highest BCUT2D eigenvalue weighted by Gasteiger charge is 2.10. The van der Waals surface area contributed by atoms with Crippen LogP contribution in [-0.4, -0.2) is 40.8 Å². The van der Waals surface area contributed by atoms with E-state index in [4.69, 9.17) is 0 Å². The van der Waals surface area contributed by atoms with Crippen molar-refractivity contribution in [1.29, 1.82) is 0 Å². The van der Waals surface area contributed by atoms with Crippen molar-refractivity contribution in [2.75, 3.05) is 36.1 Å². The minimum absolute atomic E-state index is 0.644. The lowest BCUT2D eigenvalue weighted by Gasteiger charge is -2.19. The Morgan fingerprint density at radius 2 is 1.83 bits per heavy atom. The normalized spacial score (nSPS) is 10.4. The molecule has 1 aromatic heterocycles. The highest BCUT2D eigenvalue weighted by molar-refractivity contribution is 7.99. The Morgan fingerprint density at radius 3 is 2.39 bits per heavy atom. The monoisotopic (exact) mass is 269 g/mol. The van der Waals surface area contributed by atoms with Crippen LogP contribution in [0.1, 0.15) is 33.6 Å². The van der Waals surface area contributed by atoms with Crippen LogP contribution in [0, 0.1) is 0 Å². The maximum absolute atomic E-state index is 4.52. The maximum atomic E-state index is 4.52. The average Bonchev–Trinajstić information content (AvgIpc) is 2.40. The van der Waals surface area contributed by atoms with Crippen molar-refractivity contribution in [2.24, 2.45) is 0 Å². The summed E-state index contributed by atoms with van der Waals surface area (Å²) in [5.41, 5.74) is 0. The third kappa shape index (κ3) is 4.33. The molecule has 0 amide bonds. The summed E-state index contributed by atoms with van der Waals surface area (Å²) >= 11 is 1.70. The maximum Gasteiger partial charge on any atom is 0.231 e. The zero-order chi connectivity index (χ0) is 13.4. The van der Waals surface area contributed by atoms with E-state index in [-0.39, 0.29) is 0 Å². The second kappa shape index (κ2) is 8.13. The van der Waals surface area contributed by atoms with E-state index < -0.39 is 0 Å². The van der Waals surface area contributed by atoms with Gasteiger partial charge in [-0.05, 0) is 20.3 Å². The van der Waals surface area contributed by atoms with Gasteiger partial charge in [0.15, 0.2) is 5.16 Å². The molecule has 0 unspecified atom stereocenters. The van der Waals surface area contributed by atoms with Crippen molar-refractivity contribution < 1.29 is 0 Å². The number of aromatic nitrogens is 3. The lowest BCUT2D eigenvalue weighted by molar-refractivity contribution is 0.783. The van der Waals surface area contributed by atoms with Gasteiger partial charge in [-0.25, -0.2) is 0 Å². The van der Waals surface area contributed by atoms with E-state index >= 15 is 0 Å². The summed E-state index contributed by atoms with van der Waals surface area (Å²) in [6.07, 6.45) is 2.38. The van der Waals surface area contributed by atoms with E-state index in [2.05, 4.69) is 45.9 Å². The molecular formula is C12H23N5S. The molecule has 0 aliphatic rings. The molecule has 0 saturated heterocycles. The number of unbranched alkanes of at least 4 members (excludes halogenated alkanes) is 1. The highest BCUT2D eigenvalue weighted by Crippen LogP contribution is 2.19. The molecular weight excluding hydrogens is 246 g/mol. The van der Waals surface area contributed by atoms with Crippen LogP contribution in [0.5, 0.6) is 0 Å². The third-order valence-corrected chi connectivity index (χ3v) is 3.54. The first-order valence-electron chi connectivity index (χ1n) is 6.56. The Bertz CT molecular complexity index is 354. The van der Waals surface area contributed by atoms with Crippen LogP contribution < -0.4 is 10.2 Å². The first-order chi connectivity index (χ1) is 8.74. The molecule has 0 radical (unpaired) electrons. The molecule has 0 saturated carbocycles. The molecule has 0 aliphatic carbocycles. The molecule has 0 fully saturated rings. The van der Waals surface area contributed by atoms with Crippen LogP contribution in [0.2, 0.25) is 0 Å². The molecule has 0 spiro atoms.